The molecule has 6 aromatic carbocycles. The van der Waals surface area contributed by atoms with Gasteiger partial charge in [-0.25, -0.2) is 0 Å². The molecular weight excluding hydrogens is 693 g/mol. The number of hydrogen-bond acceptors (Lipinski definition) is 8. The zero-order valence-corrected chi connectivity index (χ0v) is 31.6. The summed E-state index contributed by atoms with van der Waals surface area (Å²) in [6.45, 7) is 3.09. The van der Waals surface area contributed by atoms with E-state index in [4.69, 9.17) is 33.2 Å². The molecule has 1 atom stereocenters. The Kier molecular flexibility index (Phi) is 13.3. The van der Waals surface area contributed by atoms with Gasteiger partial charge in [0.1, 0.15) is 19.8 Å². The SMILES string of the molecule is CCOC(=O)C(c1ccc(OCc2ccccc2)c(OC)c1)C(c1ccc(OCc2ccccc2)c(OC)c1)c1ccc(OCc2ccccc2)c(OC)c1. The third-order valence-electron chi connectivity index (χ3n) is 9.23. The van der Waals surface area contributed by atoms with Gasteiger partial charge in [0.25, 0.3) is 0 Å². The molecule has 1 unspecified atom stereocenters. The second kappa shape index (κ2) is 19.1. The van der Waals surface area contributed by atoms with E-state index >= 15 is 0 Å². The van der Waals surface area contributed by atoms with Crippen molar-refractivity contribution in [3.8, 4) is 34.5 Å². The molecule has 0 aromatic heterocycles. The van der Waals surface area contributed by atoms with Crippen LogP contribution in [0.15, 0.2) is 146 Å². The molecule has 0 bridgehead atoms. The minimum Gasteiger partial charge on any atom is -0.493 e. The first-order valence-electron chi connectivity index (χ1n) is 18.2. The smallest absolute Gasteiger partial charge is 0.314 e. The molecule has 6 rings (SSSR count). The molecule has 0 N–H and O–H groups in total. The van der Waals surface area contributed by atoms with Crippen LogP contribution in [0.4, 0.5) is 0 Å². The highest BCUT2D eigenvalue weighted by Gasteiger charge is 2.36. The molecule has 6 aromatic rings. The molecule has 0 aliphatic heterocycles. The first-order chi connectivity index (χ1) is 27.0. The Bertz CT molecular complexity index is 2020. The van der Waals surface area contributed by atoms with E-state index < -0.39 is 17.8 Å². The van der Waals surface area contributed by atoms with E-state index in [0.717, 1.165) is 27.8 Å². The average molecular weight is 739 g/mol. The second-order valence-electron chi connectivity index (χ2n) is 12.8. The third kappa shape index (κ3) is 9.78. The largest absolute Gasteiger partial charge is 0.493 e. The average Bonchev–Trinajstić information content (AvgIpc) is 3.24. The Hall–Kier alpha value is -6.41. The zero-order chi connectivity index (χ0) is 38.4. The highest BCUT2D eigenvalue weighted by Crippen LogP contribution is 2.46. The van der Waals surface area contributed by atoms with Crippen LogP contribution in [0.5, 0.6) is 34.5 Å². The summed E-state index contributed by atoms with van der Waals surface area (Å²) in [6.07, 6.45) is 0. The van der Waals surface area contributed by atoms with Crippen molar-refractivity contribution < 1.29 is 38.0 Å². The molecule has 0 fully saturated rings. The van der Waals surface area contributed by atoms with Gasteiger partial charge in [-0.2, -0.15) is 0 Å². The molecule has 0 aliphatic rings. The summed E-state index contributed by atoms with van der Waals surface area (Å²) in [5.74, 6) is 1.45. The Morgan fingerprint density at radius 2 is 0.800 bits per heavy atom. The van der Waals surface area contributed by atoms with Crippen LogP contribution in [0.3, 0.4) is 0 Å². The maximum Gasteiger partial charge on any atom is 0.314 e. The summed E-state index contributed by atoms with van der Waals surface area (Å²) < 4.78 is 42.0. The highest BCUT2D eigenvalue weighted by atomic mass is 16.5. The number of ether oxygens (including phenoxy) is 7. The summed E-state index contributed by atoms with van der Waals surface area (Å²) in [4.78, 5) is 14.3. The monoisotopic (exact) mass is 738 g/mol. The van der Waals surface area contributed by atoms with E-state index in [-0.39, 0.29) is 6.61 Å². The molecule has 8 heteroatoms. The first kappa shape index (κ1) is 38.3. The van der Waals surface area contributed by atoms with Gasteiger partial charge in [-0.3, -0.25) is 4.79 Å². The lowest BCUT2D eigenvalue weighted by Crippen LogP contribution is -2.24. The van der Waals surface area contributed by atoms with Crippen molar-refractivity contribution in [2.75, 3.05) is 27.9 Å². The van der Waals surface area contributed by atoms with Crippen LogP contribution < -0.4 is 28.4 Å². The summed E-state index contributed by atoms with van der Waals surface area (Å²) in [7, 11) is 4.80. The predicted molar refractivity (Wildman–Crippen MR) is 213 cm³/mol. The number of carbonyl (C=O) groups is 1. The van der Waals surface area contributed by atoms with E-state index in [9.17, 15) is 4.79 Å². The summed E-state index contributed by atoms with van der Waals surface area (Å²) in [5.41, 5.74) is 5.35. The van der Waals surface area contributed by atoms with Crippen LogP contribution in [0.2, 0.25) is 0 Å². The van der Waals surface area contributed by atoms with Crippen molar-refractivity contribution in [2.45, 2.75) is 38.6 Å². The summed E-state index contributed by atoms with van der Waals surface area (Å²) >= 11 is 0. The topological polar surface area (TPSA) is 81.7 Å². The number of esters is 1. The molecule has 0 saturated carbocycles. The van der Waals surface area contributed by atoms with Crippen LogP contribution in [0.1, 0.15) is 52.1 Å². The zero-order valence-electron chi connectivity index (χ0n) is 31.6. The number of methoxy groups -OCH3 is 3. The normalized spacial score (nSPS) is 11.4. The second-order valence-corrected chi connectivity index (χ2v) is 12.8. The number of benzene rings is 6. The van der Waals surface area contributed by atoms with Gasteiger partial charge in [0.2, 0.25) is 0 Å². The van der Waals surface area contributed by atoms with Crippen LogP contribution in [0.25, 0.3) is 0 Å². The fraction of sp³-hybridized carbons (Fsp3) is 0.213. The molecule has 0 aliphatic carbocycles. The van der Waals surface area contributed by atoms with Crippen molar-refractivity contribution in [1.29, 1.82) is 0 Å². The van der Waals surface area contributed by atoms with Crippen molar-refractivity contribution in [1.82, 2.24) is 0 Å². The Balaban J connectivity index is 1.42. The Labute approximate surface area is 323 Å². The van der Waals surface area contributed by atoms with Gasteiger partial charge in [0.15, 0.2) is 34.5 Å². The minimum atomic E-state index is -0.821. The van der Waals surface area contributed by atoms with E-state index in [1.54, 1.807) is 28.3 Å². The number of carbonyl (C=O) groups excluding carboxylic acids is 1. The Morgan fingerprint density at radius 1 is 0.455 bits per heavy atom. The molecule has 8 nitrogen and oxygen atoms in total. The summed E-state index contributed by atoms with van der Waals surface area (Å²) in [5, 5.41) is 0. The van der Waals surface area contributed by atoms with Gasteiger partial charge in [0.05, 0.1) is 33.9 Å². The molecular formula is C47H46O8. The van der Waals surface area contributed by atoms with E-state index in [2.05, 4.69) is 0 Å². The molecule has 0 spiro atoms. The molecule has 282 valence electrons. The molecule has 0 radical (unpaired) electrons. The predicted octanol–water partition coefficient (Wildman–Crippen LogP) is 9.93. The van der Waals surface area contributed by atoms with Gasteiger partial charge in [0, 0.05) is 5.92 Å². The third-order valence-corrected chi connectivity index (χ3v) is 9.23. The van der Waals surface area contributed by atoms with Gasteiger partial charge in [-0.15, -0.1) is 0 Å². The van der Waals surface area contributed by atoms with Crippen LogP contribution in [-0.4, -0.2) is 33.9 Å². The fourth-order valence-electron chi connectivity index (χ4n) is 6.47. The lowest BCUT2D eigenvalue weighted by Gasteiger charge is -2.29. The molecule has 0 heterocycles. The first-order valence-corrected chi connectivity index (χ1v) is 18.2. The van der Waals surface area contributed by atoms with Crippen LogP contribution in [-0.2, 0) is 29.4 Å². The van der Waals surface area contributed by atoms with Crippen molar-refractivity contribution in [2.24, 2.45) is 0 Å². The van der Waals surface area contributed by atoms with Crippen LogP contribution >= 0.6 is 0 Å². The maximum atomic E-state index is 14.3. The van der Waals surface area contributed by atoms with Gasteiger partial charge < -0.3 is 33.2 Å². The van der Waals surface area contributed by atoms with Gasteiger partial charge in [-0.05, 0) is 76.7 Å². The van der Waals surface area contributed by atoms with E-state index in [1.165, 1.54) is 0 Å². The van der Waals surface area contributed by atoms with E-state index in [1.807, 2.05) is 146 Å². The summed E-state index contributed by atoms with van der Waals surface area (Å²) in [6, 6.07) is 46.8. The van der Waals surface area contributed by atoms with Crippen molar-refractivity contribution in [3.05, 3.63) is 179 Å². The highest BCUT2D eigenvalue weighted by molar-refractivity contribution is 5.81. The standard InChI is InChI=1S/C47H46O8/c1-5-52-47(48)46(38-23-26-41(44(29-38)51-4)55-32-35-19-13-8-14-20-35)45(36-21-24-39(42(27-36)49-2)53-30-33-15-9-6-10-16-33)37-22-25-40(43(28-37)50-3)54-31-34-17-11-7-12-18-34/h6-29,45-46H,5,30-32H2,1-4H3. The maximum absolute atomic E-state index is 14.3. The molecule has 55 heavy (non-hydrogen) atoms. The van der Waals surface area contributed by atoms with Crippen LogP contribution in [0, 0.1) is 0 Å². The van der Waals surface area contributed by atoms with Crippen molar-refractivity contribution >= 4 is 5.97 Å². The fourth-order valence-corrected chi connectivity index (χ4v) is 6.47. The molecule has 0 amide bonds. The number of rotatable bonds is 18. The van der Waals surface area contributed by atoms with Crippen molar-refractivity contribution in [3.63, 3.8) is 0 Å². The number of hydrogen-bond donors (Lipinski definition) is 0. The van der Waals surface area contributed by atoms with E-state index in [0.29, 0.717) is 59.9 Å². The minimum absolute atomic E-state index is 0.197. The lowest BCUT2D eigenvalue weighted by atomic mass is 9.76. The van der Waals surface area contributed by atoms with Gasteiger partial charge >= 0.3 is 5.97 Å². The van der Waals surface area contributed by atoms with Gasteiger partial charge in [-0.1, -0.05) is 109 Å². The quantitative estimate of drug-likeness (QED) is 0.0807. The Morgan fingerprint density at radius 3 is 1.15 bits per heavy atom. The molecule has 0 saturated heterocycles. The lowest BCUT2D eigenvalue weighted by molar-refractivity contribution is -0.145.